The van der Waals surface area contributed by atoms with Crippen molar-refractivity contribution >= 4 is 11.6 Å². The van der Waals surface area contributed by atoms with Crippen molar-refractivity contribution in [2.45, 2.75) is 39.2 Å². The van der Waals surface area contributed by atoms with Crippen LogP contribution in [0, 0.1) is 5.92 Å². The summed E-state index contributed by atoms with van der Waals surface area (Å²) in [7, 11) is 0. The molecule has 0 radical (unpaired) electrons. The van der Waals surface area contributed by atoms with Crippen LogP contribution in [0.15, 0.2) is 6.20 Å². The summed E-state index contributed by atoms with van der Waals surface area (Å²) in [6, 6.07) is 0. The Labute approximate surface area is 102 Å². The van der Waals surface area contributed by atoms with E-state index in [9.17, 15) is 0 Å². The van der Waals surface area contributed by atoms with Crippen molar-refractivity contribution < 1.29 is 0 Å². The van der Waals surface area contributed by atoms with E-state index in [0.29, 0.717) is 11.8 Å². The van der Waals surface area contributed by atoms with Crippen molar-refractivity contribution in [3.05, 3.63) is 17.2 Å². The molecule has 0 bridgehead atoms. The molecule has 0 aromatic carbocycles. The van der Waals surface area contributed by atoms with E-state index in [4.69, 9.17) is 11.6 Å². The Kier molecular flexibility index (Phi) is 3.87. The van der Waals surface area contributed by atoms with E-state index in [0.717, 1.165) is 30.6 Å². The summed E-state index contributed by atoms with van der Waals surface area (Å²) < 4.78 is 2.17. The summed E-state index contributed by atoms with van der Waals surface area (Å²) >= 11 is 6.19. The third-order valence-electron chi connectivity index (χ3n) is 3.19. The first-order valence-corrected chi connectivity index (χ1v) is 6.48. The molecule has 0 saturated carbocycles. The van der Waals surface area contributed by atoms with Crippen molar-refractivity contribution in [3.63, 3.8) is 0 Å². The van der Waals surface area contributed by atoms with Gasteiger partial charge in [-0.1, -0.05) is 25.4 Å². The maximum absolute atomic E-state index is 6.19. The van der Waals surface area contributed by atoms with Crippen LogP contribution < -0.4 is 5.32 Å². The summed E-state index contributed by atoms with van der Waals surface area (Å²) in [6.45, 7) is 7.58. The molecule has 0 amide bonds. The van der Waals surface area contributed by atoms with Crippen LogP contribution in [0.3, 0.4) is 0 Å². The third kappa shape index (κ3) is 2.58. The highest BCUT2D eigenvalue weighted by Crippen LogP contribution is 2.22. The standard InChI is InChI=1S/C12H20ClN3/c1-9(2)12-15-7-11(13)16(12)8-10-4-3-5-14-6-10/h7,9-10,14H,3-6,8H2,1-2H3. The van der Waals surface area contributed by atoms with Gasteiger partial charge in [0, 0.05) is 12.5 Å². The number of nitrogens with zero attached hydrogens (tertiary/aromatic N) is 2. The second-order valence-corrected chi connectivity index (χ2v) is 5.30. The monoisotopic (exact) mass is 241 g/mol. The molecule has 90 valence electrons. The first-order valence-electron chi connectivity index (χ1n) is 6.10. The van der Waals surface area contributed by atoms with Gasteiger partial charge in [-0.3, -0.25) is 0 Å². The van der Waals surface area contributed by atoms with Crippen LogP contribution in [0.25, 0.3) is 0 Å². The third-order valence-corrected chi connectivity index (χ3v) is 3.50. The number of aromatic nitrogens is 2. The summed E-state index contributed by atoms with van der Waals surface area (Å²) in [5, 5.41) is 4.21. The molecule has 2 rings (SSSR count). The molecule has 1 aliphatic heterocycles. The van der Waals surface area contributed by atoms with Crippen LogP contribution in [0.4, 0.5) is 0 Å². The van der Waals surface area contributed by atoms with Crippen molar-refractivity contribution in [3.8, 4) is 0 Å². The van der Waals surface area contributed by atoms with Crippen molar-refractivity contribution in [2.75, 3.05) is 13.1 Å². The normalized spacial score (nSPS) is 21.6. The number of hydrogen-bond acceptors (Lipinski definition) is 2. The number of hydrogen-bond donors (Lipinski definition) is 1. The number of nitrogens with one attached hydrogen (secondary N) is 1. The average Bonchev–Trinajstić information content (AvgIpc) is 2.62. The van der Waals surface area contributed by atoms with Gasteiger partial charge in [-0.2, -0.15) is 0 Å². The van der Waals surface area contributed by atoms with Gasteiger partial charge in [0.1, 0.15) is 11.0 Å². The maximum Gasteiger partial charge on any atom is 0.128 e. The Morgan fingerprint density at radius 3 is 3.06 bits per heavy atom. The SMILES string of the molecule is CC(C)c1ncc(Cl)n1CC1CCCNC1. The highest BCUT2D eigenvalue weighted by molar-refractivity contribution is 6.29. The Hall–Kier alpha value is -0.540. The van der Waals surface area contributed by atoms with Crippen LogP contribution in [-0.4, -0.2) is 22.6 Å². The van der Waals surface area contributed by atoms with Gasteiger partial charge in [0.2, 0.25) is 0 Å². The van der Waals surface area contributed by atoms with Crippen LogP contribution in [-0.2, 0) is 6.54 Å². The topological polar surface area (TPSA) is 29.9 Å². The molecule has 4 heteroatoms. The lowest BCUT2D eigenvalue weighted by molar-refractivity contribution is 0.332. The molecule has 1 aromatic heterocycles. The van der Waals surface area contributed by atoms with E-state index < -0.39 is 0 Å². The van der Waals surface area contributed by atoms with E-state index >= 15 is 0 Å². The summed E-state index contributed by atoms with van der Waals surface area (Å²) in [5.41, 5.74) is 0. The molecule has 1 N–H and O–H groups in total. The largest absolute Gasteiger partial charge is 0.319 e. The fourth-order valence-corrected chi connectivity index (χ4v) is 2.55. The highest BCUT2D eigenvalue weighted by Gasteiger charge is 2.18. The van der Waals surface area contributed by atoms with E-state index in [1.807, 2.05) is 0 Å². The molecule has 2 heterocycles. The molecular formula is C12H20ClN3. The number of halogens is 1. The van der Waals surface area contributed by atoms with Crippen molar-refractivity contribution in [1.82, 2.24) is 14.9 Å². The Bertz CT molecular complexity index is 340. The zero-order valence-electron chi connectivity index (χ0n) is 10.0. The van der Waals surface area contributed by atoms with E-state index in [1.165, 1.54) is 12.8 Å². The van der Waals surface area contributed by atoms with Crippen molar-refractivity contribution in [2.24, 2.45) is 5.92 Å². The fraction of sp³-hybridized carbons (Fsp3) is 0.750. The first kappa shape index (κ1) is 11.9. The van der Waals surface area contributed by atoms with Crippen LogP contribution in [0.2, 0.25) is 5.15 Å². The smallest absolute Gasteiger partial charge is 0.128 e. The lowest BCUT2D eigenvalue weighted by atomic mass is 9.99. The van der Waals surface area contributed by atoms with E-state index in [2.05, 4.69) is 28.7 Å². The zero-order valence-corrected chi connectivity index (χ0v) is 10.8. The Morgan fingerprint density at radius 2 is 2.44 bits per heavy atom. The Morgan fingerprint density at radius 1 is 1.62 bits per heavy atom. The zero-order chi connectivity index (χ0) is 11.5. The molecule has 0 spiro atoms. The van der Waals surface area contributed by atoms with Crippen LogP contribution in [0.1, 0.15) is 38.4 Å². The van der Waals surface area contributed by atoms with Crippen LogP contribution >= 0.6 is 11.6 Å². The number of piperidine rings is 1. The second kappa shape index (κ2) is 5.19. The second-order valence-electron chi connectivity index (χ2n) is 4.92. The predicted octanol–water partition coefficient (Wildman–Crippen LogP) is 2.66. The molecule has 0 aliphatic carbocycles. The quantitative estimate of drug-likeness (QED) is 0.882. The number of imidazole rings is 1. The molecule has 3 nitrogen and oxygen atoms in total. The fourth-order valence-electron chi connectivity index (χ4n) is 2.35. The lowest BCUT2D eigenvalue weighted by Gasteiger charge is -2.24. The molecule has 1 atom stereocenters. The van der Waals surface area contributed by atoms with Crippen LogP contribution in [0.5, 0.6) is 0 Å². The van der Waals surface area contributed by atoms with Gasteiger partial charge in [-0.05, 0) is 31.8 Å². The van der Waals surface area contributed by atoms with E-state index in [-0.39, 0.29) is 0 Å². The van der Waals surface area contributed by atoms with Crippen molar-refractivity contribution in [1.29, 1.82) is 0 Å². The molecule has 16 heavy (non-hydrogen) atoms. The molecule has 1 aromatic rings. The van der Waals surface area contributed by atoms with Gasteiger partial charge in [0.05, 0.1) is 6.20 Å². The summed E-state index contributed by atoms with van der Waals surface area (Å²) in [5.74, 6) is 2.23. The van der Waals surface area contributed by atoms with Gasteiger partial charge in [0.25, 0.3) is 0 Å². The van der Waals surface area contributed by atoms with E-state index in [1.54, 1.807) is 6.20 Å². The van der Waals surface area contributed by atoms with Gasteiger partial charge >= 0.3 is 0 Å². The molecule has 1 unspecified atom stereocenters. The van der Waals surface area contributed by atoms with Gasteiger partial charge in [0.15, 0.2) is 0 Å². The number of rotatable bonds is 3. The van der Waals surface area contributed by atoms with Gasteiger partial charge in [-0.25, -0.2) is 4.98 Å². The first-order chi connectivity index (χ1) is 7.68. The molecule has 1 aliphatic rings. The average molecular weight is 242 g/mol. The summed E-state index contributed by atoms with van der Waals surface area (Å²) in [6.07, 6.45) is 4.33. The highest BCUT2D eigenvalue weighted by atomic mass is 35.5. The van der Waals surface area contributed by atoms with Gasteiger partial charge < -0.3 is 9.88 Å². The molecular weight excluding hydrogens is 222 g/mol. The minimum absolute atomic E-state index is 0.434. The van der Waals surface area contributed by atoms with Gasteiger partial charge in [-0.15, -0.1) is 0 Å². The molecule has 1 saturated heterocycles. The summed E-state index contributed by atoms with van der Waals surface area (Å²) in [4.78, 5) is 4.39. The maximum atomic E-state index is 6.19. The molecule has 1 fully saturated rings. The Balaban J connectivity index is 2.09. The minimum Gasteiger partial charge on any atom is -0.319 e. The minimum atomic E-state index is 0.434. The lowest BCUT2D eigenvalue weighted by Crippen LogP contribution is -2.32. The predicted molar refractivity (Wildman–Crippen MR) is 66.9 cm³/mol.